The molecule has 0 radical (unpaired) electrons. The summed E-state index contributed by atoms with van der Waals surface area (Å²) in [5.41, 5.74) is 1.76. The van der Waals surface area contributed by atoms with Gasteiger partial charge in [-0.3, -0.25) is 4.79 Å². The number of aromatic carboxylic acids is 1. The first-order valence-electron chi connectivity index (χ1n) is 8.94. The Morgan fingerprint density at radius 3 is 2.48 bits per heavy atom. The Labute approximate surface area is 191 Å². The van der Waals surface area contributed by atoms with Gasteiger partial charge in [0, 0.05) is 10.6 Å². The second-order valence-corrected chi connectivity index (χ2v) is 7.92. The number of carboxylic acid groups (broad SMARTS) is 1. The van der Waals surface area contributed by atoms with Crippen LogP contribution in [0.5, 0.6) is 0 Å². The molecule has 0 aliphatic carbocycles. The summed E-state index contributed by atoms with van der Waals surface area (Å²) in [4.78, 5) is 24.2. The normalized spacial score (nSPS) is 15.0. The first-order chi connectivity index (χ1) is 14.7. The quantitative estimate of drug-likeness (QED) is 0.442. The maximum Gasteiger partial charge on any atom is 0.335 e. The highest BCUT2D eigenvalue weighted by atomic mass is 35.5. The molecule has 0 saturated carbocycles. The molecule has 9 heteroatoms. The number of amides is 1. The number of nitrogens with zero attached hydrogens (tertiary/aromatic N) is 2. The highest BCUT2D eigenvalue weighted by molar-refractivity contribution is 6.44. The van der Waals surface area contributed by atoms with Crippen molar-refractivity contribution in [3.63, 3.8) is 0 Å². The molecule has 1 aromatic heterocycles. The number of rotatable bonds is 4. The van der Waals surface area contributed by atoms with Crippen molar-refractivity contribution in [2.24, 2.45) is 5.10 Å². The maximum absolute atomic E-state index is 13.0. The van der Waals surface area contributed by atoms with Crippen molar-refractivity contribution in [1.82, 2.24) is 0 Å². The van der Waals surface area contributed by atoms with E-state index >= 15 is 0 Å². The van der Waals surface area contributed by atoms with Crippen LogP contribution in [-0.4, -0.2) is 22.7 Å². The minimum atomic E-state index is -1.03. The minimum Gasteiger partial charge on any atom is -0.478 e. The molecule has 6 nitrogen and oxygen atoms in total. The highest BCUT2D eigenvalue weighted by Crippen LogP contribution is 2.39. The summed E-state index contributed by atoms with van der Waals surface area (Å²) in [6, 6.07) is 12.7. The Bertz CT molecular complexity index is 1270. The van der Waals surface area contributed by atoms with E-state index in [1.807, 2.05) is 0 Å². The molecule has 1 N–H and O–H groups in total. The summed E-state index contributed by atoms with van der Waals surface area (Å²) in [7, 11) is 0. The fourth-order valence-corrected chi connectivity index (χ4v) is 4.08. The monoisotopic (exact) mass is 474 g/mol. The molecule has 2 aromatic carbocycles. The molecular formula is C22H13Cl3N2O4. The van der Waals surface area contributed by atoms with Gasteiger partial charge in [0.2, 0.25) is 0 Å². The maximum atomic E-state index is 13.0. The number of hydrogen-bond donors (Lipinski definition) is 1. The van der Waals surface area contributed by atoms with Crippen LogP contribution in [0.4, 0.5) is 5.69 Å². The Hall–Kier alpha value is -3.06. The Morgan fingerprint density at radius 2 is 1.81 bits per heavy atom. The predicted octanol–water partition coefficient (Wildman–Crippen LogP) is 6.41. The molecule has 0 bridgehead atoms. The average Bonchev–Trinajstić information content (AvgIpc) is 3.28. The molecule has 4 rings (SSSR count). The summed E-state index contributed by atoms with van der Waals surface area (Å²) < 4.78 is 5.80. The molecular weight excluding hydrogens is 463 g/mol. The fraction of sp³-hybridized carbons (Fsp3) is 0.0455. The van der Waals surface area contributed by atoms with Crippen LogP contribution in [-0.2, 0) is 4.79 Å². The van der Waals surface area contributed by atoms with E-state index in [1.165, 1.54) is 24.3 Å². The second-order valence-electron chi connectivity index (χ2n) is 6.67. The van der Waals surface area contributed by atoms with Gasteiger partial charge in [-0.1, -0.05) is 46.9 Å². The summed E-state index contributed by atoms with van der Waals surface area (Å²) in [5, 5.41) is 15.3. The minimum absolute atomic E-state index is 0.148. The standard InChI is InChI=1S/C22H13Cl3N2O4/c1-11-16(21(28)27(26-11)20-17(24)8-14(23)9-18(20)25)10-15-5-6-19(31-15)12-3-2-4-13(7-12)22(29)30/h2-10H,1H3,(H,29,30)/b16-10+. The molecule has 1 aliphatic heterocycles. The Kier molecular flexibility index (Phi) is 5.62. The lowest BCUT2D eigenvalue weighted by Gasteiger charge is -2.15. The number of carbonyl (C=O) groups excluding carboxylic acids is 1. The summed E-state index contributed by atoms with van der Waals surface area (Å²) >= 11 is 18.4. The lowest BCUT2D eigenvalue weighted by molar-refractivity contribution is -0.114. The first-order valence-corrected chi connectivity index (χ1v) is 10.1. The molecule has 31 heavy (non-hydrogen) atoms. The van der Waals surface area contributed by atoms with Crippen LogP contribution < -0.4 is 5.01 Å². The van der Waals surface area contributed by atoms with Crippen molar-refractivity contribution >= 4 is 64.2 Å². The summed E-state index contributed by atoms with van der Waals surface area (Å²) in [6.07, 6.45) is 1.56. The van der Waals surface area contributed by atoms with E-state index in [9.17, 15) is 9.59 Å². The van der Waals surface area contributed by atoms with Gasteiger partial charge in [0.1, 0.15) is 17.2 Å². The first kappa shape index (κ1) is 21.2. The smallest absolute Gasteiger partial charge is 0.335 e. The van der Waals surface area contributed by atoms with Gasteiger partial charge in [-0.25, -0.2) is 4.79 Å². The second kappa shape index (κ2) is 8.23. The zero-order valence-corrected chi connectivity index (χ0v) is 18.2. The number of anilines is 1. The van der Waals surface area contributed by atoms with Crippen LogP contribution in [0.25, 0.3) is 17.4 Å². The van der Waals surface area contributed by atoms with Crippen LogP contribution >= 0.6 is 34.8 Å². The summed E-state index contributed by atoms with van der Waals surface area (Å²) in [5.74, 6) is -0.576. The van der Waals surface area contributed by atoms with Crippen molar-refractivity contribution in [2.45, 2.75) is 6.92 Å². The highest BCUT2D eigenvalue weighted by Gasteiger charge is 2.32. The van der Waals surface area contributed by atoms with Crippen LogP contribution in [0.15, 0.2) is 63.6 Å². The average molecular weight is 476 g/mol. The molecule has 1 amide bonds. The third kappa shape index (κ3) is 4.10. The van der Waals surface area contributed by atoms with Crippen LogP contribution in [0.2, 0.25) is 15.1 Å². The van der Waals surface area contributed by atoms with E-state index in [2.05, 4.69) is 5.10 Å². The van der Waals surface area contributed by atoms with E-state index in [1.54, 1.807) is 37.3 Å². The molecule has 0 fully saturated rings. The third-order valence-electron chi connectivity index (χ3n) is 4.56. The van der Waals surface area contributed by atoms with Gasteiger partial charge in [0.25, 0.3) is 5.91 Å². The zero-order chi connectivity index (χ0) is 22.3. The van der Waals surface area contributed by atoms with E-state index < -0.39 is 11.9 Å². The van der Waals surface area contributed by atoms with Crippen molar-refractivity contribution in [1.29, 1.82) is 0 Å². The van der Waals surface area contributed by atoms with Gasteiger partial charge in [-0.15, -0.1) is 0 Å². The summed E-state index contributed by atoms with van der Waals surface area (Å²) in [6.45, 7) is 1.68. The zero-order valence-electron chi connectivity index (χ0n) is 15.9. The van der Waals surface area contributed by atoms with Gasteiger partial charge in [0.05, 0.1) is 26.9 Å². The number of carboxylic acids is 1. The lowest BCUT2D eigenvalue weighted by Crippen LogP contribution is -2.22. The topological polar surface area (TPSA) is 83.1 Å². The fourth-order valence-electron chi connectivity index (χ4n) is 3.11. The third-order valence-corrected chi connectivity index (χ3v) is 5.36. The van der Waals surface area contributed by atoms with E-state index in [0.29, 0.717) is 33.4 Å². The Balaban J connectivity index is 1.65. The van der Waals surface area contributed by atoms with Crippen LogP contribution in [0, 0.1) is 0 Å². The molecule has 0 unspecified atom stereocenters. The van der Waals surface area contributed by atoms with Crippen molar-refractivity contribution < 1.29 is 19.1 Å². The number of hydrogen-bond acceptors (Lipinski definition) is 4. The number of furan rings is 1. The van der Waals surface area contributed by atoms with Gasteiger partial charge >= 0.3 is 5.97 Å². The molecule has 156 valence electrons. The lowest BCUT2D eigenvalue weighted by atomic mass is 10.1. The Morgan fingerprint density at radius 1 is 1.10 bits per heavy atom. The number of benzene rings is 2. The number of halogens is 3. The van der Waals surface area contributed by atoms with Crippen molar-refractivity contribution in [2.75, 3.05) is 5.01 Å². The molecule has 3 aromatic rings. The molecule has 1 aliphatic rings. The van der Waals surface area contributed by atoms with Crippen molar-refractivity contribution in [3.8, 4) is 11.3 Å². The number of hydrazone groups is 1. The molecule has 0 saturated heterocycles. The van der Waals surface area contributed by atoms with Crippen LogP contribution in [0.1, 0.15) is 23.0 Å². The van der Waals surface area contributed by atoms with E-state index in [-0.39, 0.29) is 21.3 Å². The largest absolute Gasteiger partial charge is 0.478 e. The van der Waals surface area contributed by atoms with Gasteiger partial charge in [0.15, 0.2) is 0 Å². The molecule has 0 spiro atoms. The van der Waals surface area contributed by atoms with Crippen molar-refractivity contribution in [3.05, 3.63) is 80.5 Å². The van der Waals surface area contributed by atoms with E-state index in [4.69, 9.17) is 44.3 Å². The molecule has 2 heterocycles. The van der Waals surface area contributed by atoms with Crippen LogP contribution in [0.3, 0.4) is 0 Å². The van der Waals surface area contributed by atoms with Gasteiger partial charge < -0.3 is 9.52 Å². The predicted molar refractivity (Wildman–Crippen MR) is 121 cm³/mol. The number of carbonyl (C=O) groups is 2. The van der Waals surface area contributed by atoms with E-state index in [0.717, 1.165) is 5.01 Å². The molecule has 0 atom stereocenters. The SMILES string of the molecule is CC1=NN(c2c(Cl)cc(Cl)cc2Cl)C(=O)/C1=C/c1ccc(-c2cccc(C(=O)O)c2)o1. The van der Waals surface area contributed by atoms with Gasteiger partial charge in [-0.2, -0.15) is 10.1 Å². The van der Waals surface area contributed by atoms with Gasteiger partial charge in [-0.05, 0) is 49.4 Å².